The number of nitrogens with one attached hydrogen (secondary N) is 3. The summed E-state index contributed by atoms with van der Waals surface area (Å²) in [7, 11) is 0. The maximum Gasteiger partial charge on any atom is 0.416 e. The van der Waals surface area contributed by atoms with Crippen molar-refractivity contribution in [2.75, 3.05) is 5.32 Å². The molecule has 0 saturated heterocycles. The van der Waals surface area contributed by atoms with Gasteiger partial charge in [-0.3, -0.25) is 10.1 Å². The van der Waals surface area contributed by atoms with E-state index >= 15 is 0 Å². The molecule has 3 N–H and O–H groups in total. The van der Waals surface area contributed by atoms with E-state index in [9.17, 15) is 23.1 Å². The van der Waals surface area contributed by atoms with Crippen molar-refractivity contribution in [1.82, 2.24) is 25.4 Å². The molecule has 0 radical (unpaired) electrons. The molecule has 4 aromatic heterocycles. The molecule has 1 atom stereocenters. The van der Waals surface area contributed by atoms with Gasteiger partial charge in [0.25, 0.3) is 5.91 Å². The quantitative estimate of drug-likeness (QED) is 0.279. The van der Waals surface area contributed by atoms with Crippen molar-refractivity contribution in [2.24, 2.45) is 4.99 Å². The molecule has 186 valence electrons. The van der Waals surface area contributed by atoms with Crippen molar-refractivity contribution >= 4 is 40.6 Å². The Bertz CT molecular complexity index is 1410. The lowest BCUT2D eigenvalue weighted by atomic mass is 10.1. The van der Waals surface area contributed by atoms with Gasteiger partial charge in [0.05, 0.1) is 22.5 Å². The van der Waals surface area contributed by atoms with Crippen LogP contribution in [-0.4, -0.2) is 31.9 Å². The predicted molar refractivity (Wildman–Crippen MR) is 119 cm³/mol. The lowest BCUT2D eigenvalue weighted by molar-refractivity contribution is -0.365. The van der Waals surface area contributed by atoms with Crippen LogP contribution in [0.3, 0.4) is 0 Å². The first-order chi connectivity index (χ1) is 17.1. The fraction of sp³-hybridized carbons (Fsp3) is 0.190. The summed E-state index contributed by atoms with van der Waals surface area (Å²) in [5.74, 6) is -0.797. The van der Waals surface area contributed by atoms with Gasteiger partial charge in [-0.25, -0.2) is 19.9 Å². The zero-order valence-corrected chi connectivity index (χ0v) is 19.4. The van der Waals surface area contributed by atoms with Crippen molar-refractivity contribution < 1.29 is 32.6 Å². The number of hydrogen-bond acceptors (Lipinski definition) is 10. The van der Waals surface area contributed by atoms with Crippen LogP contribution >= 0.6 is 11.3 Å². The first-order valence-corrected chi connectivity index (χ1v) is 11.0. The molecule has 4 aromatic rings. The third kappa shape index (κ3) is 5.80. The fourth-order valence-corrected chi connectivity index (χ4v) is 3.76. The zero-order chi connectivity index (χ0) is 25.9. The number of aryl methyl sites for hydroxylation is 1. The van der Waals surface area contributed by atoms with Gasteiger partial charge in [0.1, 0.15) is 11.3 Å². The number of halogens is 3. The summed E-state index contributed by atoms with van der Waals surface area (Å²) in [4.78, 5) is 31.1. The Morgan fingerprint density at radius 1 is 1.25 bits per heavy atom. The summed E-state index contributed by atoms with van der Waals surface area (Å²) in [6, 6.07) is 3.18. The Morgan fingerprint density at radius 3 is 2.78 bits per heavy atom. The minimum absolute atomic E-state index is 0.0774. The van der Waals surface area contributed by atoms with Gasteiger partial charge in [-0.1, -0.05) is 0 Å². The van der Waals surface area contributed by atoms with Gasteiger partial charge in [-0.15, -0.1) is 16.3 Å². The summed E-state index contributed by atoms with van der Waals surface area (Å²) < 4.78 is 44.0. The molecule has 15 heteroatoms. The van der Waals surface area contributed by atoms with Crippen LogP contribution in [0.15, 0.2) is 52.7 Å². The van der Waals surface area contributed by atoms with Crippen molar-refractivity contribution in [1.29, 1.82) is 0 Å². The summed E-state index contributed by atoms with van der Waals surface area (Å²) in [6.45, 7) is 2.92. The van der Waals surface area contributed by atoms with Gasteiger partial charge in [0.2, 0.25) is 23.7 Å². The smallest absolute Gasteiger partial charge is 0.416 e. The summed E-state index contributed by atoms with van der Waals surface area (Å²) in [5, 5.41) is 22.2. The Hall–Kier alpha value is -4.40. The average Bonchev–Trinajstić information content (AvgIpc) is 3.52. The van der Waals surface area contributed by atoms with Crippen LogP contribution < -0.4 is 20.7 Å². The number of thiazole rings is 1. The van der Waals surface area contributed by atoms with Gasteiger partial charge in [-0.2, -0.15) is 13.2 Å². The van der Waals surface area contributed by atoms with Crippen molar-refractivity contribution in [3.8, 4) is 0 Å². The molecular weight excluding hydrogens is 501 g/mol. The topological polar surface area (TPSA) is 155 Å². The second-order valence-corrected chi connectivity index (χ2v) is 8.45. The number of aliphatic imine (C=N–C) groups is 1. The van der Waals surface area contributed by atoms with Crippen LogP contribution in [0.2, 0.25) is 0 Å². The van der Waals surface area contributed by atoms with Crippen LogP contribution in [0.4, 0.5) is 30.6 Å². The van der Waals surface area contributed by atoms with Gasteiger partial charge in [-0.05, 0) is 30.6 Å². The second-order valence-electron chi connectivity index (χ2n) is 7.39. The molecule has 11 nitrogen and oxygen atoms in total. The highest BCUT2D eigenvalue weighted by molar-refractivity contribution is 7.13. The number of anilines is 2. The number of nitrogens with zero attached hydrogens (tertiary/aromatic N) is 5. The fourth-order valence-electron chi connectivity index (χ4n) is 2.96. The third-order valence-corrected chi connectivity index (χ3v) is 5.87. The Morgan fingerprint density at radius 2 is 2.06 bits per heavy atom. The molecule has 0 aliphatic heterocycles. The average molecular weight is 518 g/mol. The highest BCUT2D eigenvalue weighted by atomic mass is 32.1. The number of amides is 1. The van der Waals surface area contributed by atoms with E-state index in [1.54, 1.807) is 13.0 Å². The molecule has 0 aromatic carbocycles. The highest BCUT2D eigenvalue weighted by Crippen LogP contribution is 2.33. The van der Waals surface area contributed by atoms with Gasteiger partial charge < -0.3 is 14.9 Å². The summed E-state index contributed by atoms with van der Waals surface area (Å²) in [6.07, 6.45) is 0.364. The van der Waals surface area contributed by atoms with Crippen LogP contribution in [0.1, 0.15) is 44.5 Å². The molecule has 1 amide bonds. The third-order valence-electron chi connectivity index (χ3n) is 4.70. The number of alkyl halides is 3. The molecule has 0 aliphatic rings. The molecule has 0 saturated carbocycles. The minimum atomic E-state index is -4.59. The van der Waals surface area contributed by atoms with E-state index in [2.05, 4.69) is 40.7 Å². The SMILES string of the molecule is Cc1cnc(N=C([O-])c2cnc([C@H](C)NC(=O)c3cc(Nc4ccon4)[nH+]cn3)s2)cc1C(F)(F)F. The first kappa shape index (κ1) is 24.7. The van der Waals surface area contributed by atoms with E-state index < -0.39 is 29.6 Å². The molecule has 36 heavy (non-hydrogen) atoms. The number of aromatic nitrogens is 5. The van der Waals surface area contributed by atoms with Crippen LogP contribution in [0.25, 0.3) is 0 Å². The molecule has 0 unspecified atom stereocenters. The van der Waals surface area contributed by atoms with Gasteiger partial charge in [0, 0.05) is 24.4 Å². The summed E-state index contributed by atoms with van der Waals surface area (Å²) >= 11 is 0.948. The number of hydrogen-bond donors (Lipinski definition) is 2. The predicted octanol–water partition coefficient (Wildman–Crippen LogP) is 2.74. The number of carbonyl (C=O) groups is 1. The zero-order valence-electron chi connectivity index (χ0n) is 18.6. The van der Waals surface area contributed by atoms with E-state index in [4.69, 9.17) is 4.52 Å². The Labute approximate surface area is 205 Å². The van der Waals surface area contributed by atoms with E-state index in [0.717, 1.165) is 17.5 Å². The maximum absolute atomic E-state index is 13.1. The lowest BCUT2D eigenvalue weighted by Crippen LogP contribution is -2.28. The van der Waals surface area contributed by atoms with Crippen molar-refractivity contribution in [3.63, 3.8) is 0 Å². The molecule has 0 bridgehead atoms. The molecule has 4 heterocycles. The normalized spacial score (nSPS) is 12.9. The number of pyridine rings is 1. The maximum atomic E-state index is 13.1. The number of carbonyl (C=O) groups excluding carboxylic acids is 1. The van der Waals surface area contributed by atoms with E-state index in [1.807, 2.05) is 0 Å². The second kappa shape index (κ2) is 10.1. The molecule has 0 aliphatic carbocycles. The number of aromatic amines is 1. The van der Waals surface area contributed by atoms with Crippen molar-refractivity contribution in [3.05, 3.63) is 69.9 Å². The largest absolute Gasteiger partial charge is 0.858 e. The molecular formula is C21H17F3N8O3S. The number of H-pyrrole nitrogens is 1. The monoisotopic (exact) mass is 518 g/mol. The van der Waals surface area contributed by atoms with E-state index in [0.29, 0.717) is 22.7 Å². The lowest BCUT2D eigenvalue weighted by Gasteiger charge is -2.12. The van der Waals surface area contributed by atoms with Crippen LogP contribution in [0.5, 0.6) is 0 Å². The minimum Gasteiger partial charge on any atom is -0.858 e. The Kier molecular flexibility index (Phi) is 6.91. The number of rotatable bonds is 7. The molecule has 4 rings (SSSR count). The van der Waals surface area contributed by atoms with Crippen LogP contribution in [-0.2, 0) is 6.18 Å². The van der Waals surface area contributed by atoms with Crippen molar-refractivity contribution in [2.45, 2.75) is 26.1 Å². The Balaban J connectivity index is 1.45. The molecule has 0 fully saturated rings. The standard InChI is InChI=1S/C21H17F3N8O3S/c1-10-7-25-16(5-12(10)21(22,23)24)31-19(34)14-8-26-20(36-14)11(2)29-18(33)13-6-17(28-9-27-13)30-15-3-4-35-32-15/h3-9,11H,1-2H3,(H,29,33)(H,25,31,34)(H,27,28,30,32)/t11-/m0/s1. The van der Waals surface area contributed by atoms with Crippen LogP contribution in [0, 0.1) is 6.92 Å². The first-order valence-electron chi connectivity index (χ1n) is 10.2. The van der Waals surface area contributed by atoms with Gasteiger partial charge >= 0.3 is 6.18 Å². The molecule has 0 spiro atoms. The van der Waals surface area contributed by atoms with E-state index in [-0.39, 0.29) is 22.0 Å². The highest BCUT2D eigenvalue weighted by Gasteiger charge is 2.32. The van der Waals surface area contributed by atoms with E-state index in [1.165, 1.54) is 31.8 Å². The van der Waals surface area contributed by atoms with Gasteiger partial charge in [0.15, 0.2) is 5.82 Å². The summed E-state index contributed by atoms with van der Waals surface area (Å²) in [5.41, 5.74) is -0.900.